The molecule has 2 rings (SSSR count). The molecule has 0 amide bonds. The van der Waals surface area contributed by atoms with E-state index in [1.54, 1.807) is 12.1 Å². The van der Waals surface area contributed by atoms with E-state index in [9.17, 15) is 4.21 Å². The fourth-order valence-electron chi connectivity index (χ4n) is 1.30. The van der Waals surface area contributed by atoms with Crippen LogP contribution in [0.5, 0.6) is 0 Å². The standard InChI is InChI=1S/C11H15NO2S/c12-10-2-1-3-11(6-10)15(13)8-14-7-9-4-5-9/h1-3,6,9H,4-5,7-8,12H2. The predicted molar refractivity (Wildman–Crippen MR) is 60.8 cm³/mol. The highest BCUT2D eigenvalue weighted by Gasteiger charge is 2.21. The van der Waals surface area contributed by atoms with Crippen LogP contribution in [0.3, 0.4) is 0 Å². The van der Waals surface area contributed by atoms with Crippen LogP contribution in [0.25, 0.3) is 0 Å². The van der Waals surface area contributed by atoms with Gasteiger partial charge in [0.1, 0.15) is 5.94 Å². The van der Waals surface area contributed by atoms with Gasteiger partial charge in [0.05, 0.1) is 17.4 Å². The van der Waals surface area contributed by atoms with Crippen LogP contribution >= 0.6 is 0 Å². The first-order valence-corrected chi connectivity index (χ1v) is 6.39. The lowest BCUT2D eigenvalue weighted by molar-refractivity contribution is 0.168. The molecule has 0 saturated heterocycles. The van der Waals surface area contributed by atoms with Crippen molar-refractivity contribution in [1.29, 1.82) is 0 Å². The third kappa shape index (κ3) is 3.32. The van der Waals surface area contributed by atoms with Gasteiger partial charge in [-0.3, -0.25) is 4.21 Å². The average molecular weight is 225 g/mol. The summed E-state index contributed by atoms with van der Waals surface area (Å²) in [5.41, 5.74) is 6.25. The lowest BCUT2D eigenvalue weighted by Crippen LogP contribution is -2.05. The summed E-state index contributed by atoms with van der Waals surface area (Å²) in [5.74, 6) is 0.989. The Bertz CT molecular complexity index is 363. The summed E-state index contributed by atoms with van der Waals surface area (Å²) in [6.07, 6.45) is 2.51. The molecule has 4 heteroatoms. The van der Waals surface area contributed by atoms with Crippen molar-refractivity contribution in [2.45, 2.75) is 17.7 Å². The maximum atomic E-state index is 11.7. The minimum atomic E-state index is -1.08. The molecule has 82 valence electrons. The third-order valence-electron chi connectivity index (χ3n) is 2.36. The van der Waals surface area contributed by atoms with E-state index in [2.05, 4.69) is 0 Å². The van der Waals surface area contributed by atoms with Crippen molar-refractivity contribution in [3.8, 4) is 0 Å². The zero-order chi connectivity index (χ0) is 10.7. The first-order valence-electron chi connectivity index (χ1n) is 5.07. The summed E-state index contributed by atoms with van der Waals surface area (Å²) in [4.78, 5) is 0.741. The van der Waals surface area contributed by atoms with Gasteiger partial charge in [-0.05, 0) is 37.0 Å². The van der Waals surface area contributed by atoms with E-state index in [0.717, 1.165) is 11.5 Å². The molecule has 1 unspecified atom stereocenters. The fourth-order valence-corrected chi connectivity index (χ4v) is 2.18. The largest absolute Gasteiger partial charge is 0.399 e. The van der Waals surface area contributed by atoms with Crippen molar-refractivity contribution >= 4 is 16.5 Å². The minimum Gasteiger partial charge on any atom is -0.399 e. The summed E-state index contributed by atoms with van der Waals surface area (Å²) < 4.78 is 17.1. The van der Waals surface area contributed by atoms with Crippen LogP contribution in [0.15, 0.2) is 29.2 Å². The van der Waals surface area contributed by atoms with Crippen LogP contribution < -0.4 is 5.73 Å². The maximum Gasteiger partial charge on any atom is 0.126 e. The van der Waals surface area contributed by atoms with E-state index in [0.29, 0.717) is 11.6 Å². The SMILES string of the molecule is Nc1cccc(S(=O)COCC2CC2)c1. The second kappa shape index (κ2) is 4.77. The molecule has 0 radical (unpaired) electrons. The van der Waals surface area contributed by atoms with Crippen molar-refractivity contribution in [2.75, 3.05) is 18.3 Å². The lowest BCUT2D eigenvalue weighted by Gasteiger charge is -2.04. The Labute approximate surface area is 92.1 Å². The first-order chi connectivity index (χ1) is 7.25. The Morgan fingerprint density at radius 3 is 2.93 bits per heavy atom. The van der Waals surface area contributed by atoms with Gasteiger partial charge in [-0.25, -0.2) is 0 Å². The molecule has 0 spiro atoms. The second-order valence-corrected chi connectivity index (χ2v) is 5.25. The van der Waals surface area contributed by atoms with Gasteiger partial charge in [0, 0.05) is 10.6 Å². The van der Waals surface area contributed by atoms with E-state index in [-0.39, 0.29) is 5.94 Å². The van der Waals surface area contributed by atoms with Gasteiger partial charge in [-0.2, -0.15) is 0 Å². The molecular weight excluding hydrogens is 210 g/mol. The molecule has 1 aromatic rings. The van der Waals surface area contributed by atoms with Crippen LogP contribution in [0.2, 0.25) is 0 Å². The van der Waals surface area contributed by atoms with E-state index in [1.807, 2.05) is 12.1 Å². The molecule has 1 aliphatic carbocycles. The van der Waals surface area contributed by atoms with Crippen molar-refractivity contribution in [3.63, 3.8) is 0 Å². The Balaban J connectivity index is 1.83. The molecule has 1 atom stereocenters. The number of rotatable bonds is 5. The molecule has 0 aromatic heterocycles. The molecule has 3 nitrogen and oxygen atoms in total. The van der Waals surface area contributed by atoms with Crippen molar-refractivity contribution in [3.05, 3.63) is 24.3 Å². The Hall–Kier alpha value is -0.870. The summed E-state index contributed by atoms with van der Waals surface area (Å²) in [6.45, 7) is 0.744. The smallest absolute Gasteiger partial charge is 0.126 e. The molecule has 0 bridgehead atoms. The normalized spacial score (nSPS) is 17.6. The van der Waals surface area contributed by atoms with Crippen LogP contribution in [0, 0.1) is 5.92 Å². The monoisotopic (exact) mass is 225 g/mol. The molecule has 0 aliphatic heterocycles. The summed E-state index contributed by atoms with van der Waals surface area (Å²) in [6, 6.07) is 7.14. The minimum absolute atomic E-state index is 0.278. The van der Waals surface area contributed by atoms with E-state index in [4.69, 9.17) is 10.5 Å². The maximum absolute atomic E-state index is 11.7. The van der Waals surface area contributed by atoms with E-state index < -0.39 is 10.8 Å². The zero-order valence-corrected chi connectivity index (χ0v) is 9.33. The Kier molecular flexibility index (Phi) is 3.38. The molecule has 1 aromatic carbocycles. The molecule has 0 heterocycles. The van der Waals surface area contributed by atoms with Gasteiger partial charge < -0.3 is 10.5 Å². The topological polar surface area (TPSA) is 52.3 Å². The second-order valence-electron chi connectivity index (χ2n) is 3.85. The highest BCUT2D eigenvalue weighted by atomic mass is 32.2. The van der Waals surface area contributed by atoms with Gasteiger partial charge in [0.2, 0.25) is 0 Å². The number of hydrogen-bond donors (Lipinski definition) is 1. The van der Waals surface area contributed by atoms with Gasteiger partial charge in [-0.15, -0.1) is 0 Å². The zero-order valence-electron chi connectivity index (χ0n) is 8.52. The molecular formula is C11H15NO2S. The Morgan fingerprint density at radius 1 is 1.47 bits per heavy atom. The molecule has 1 saturated carbocycles. The summed E-state index contributed by atoms with van der Waals surface area (Å²) >= 11 is 0. The number of hydrogen-bond acceptors (Lipinski definition) is 3. The van der Waals surface area contributed by atoms with Gasteiger partial charge in [0.15, 0.2) is 0 Å². The highest BCUT2D eigenvalue weighted by Crippen LogP contribution is 2.28. The van der Waals surface area contributed by atoms with Crippen molar-refractivity contribution in [1.82, 2.24) is 0 Å². The number of nitrogens with two attached hydrogens (primary N) is 1. The van der Waals surface area contributed by atoms with E-state index >= 15 is 0 Å². The highest BCUT2D eigenvalue weighted by molar-refractivity contribution is 7.84. The van der Waals surface area contributed by atoms with E-state index in [1.165, 1.54) is 12.8 Å². The molecule has 15 heavy (non-hydrogen) atoms. The average Bonchev–Trinajstić information content (AvgIpc) is 3.01. The van der Waals surface area contributed by atoms with Crippen LogP contribution in [-0.4, -0.2) is 16.8 Å². The van der Waals surface area contributed by atoms with Gasteiger partial charge in [-0.1, -0.05) is 6.07 Å². The molecule has 1 aliphatic rings. The summed E-state index contributed by atoms with van der Waals surface area (Å²) in [7, 11) is -1.08. The predicted octanol–water partition coefficient (Wildman–Crippen LogP) is 1.76. The van der Waals surface area contributed by atoms with Gasteiger partial charge in [0.25, 0.3) is 0 Å². The summed E-state index contributed by atoms with van der Waals surface area (Å²) in [5, 5.41) is 0. The first kappa shape index (κ1) is 10.6. The lowest BCUT2D eigenvalue weighted by atomic mass is 10.3. The van der Waals surface area contributed by atoms with Crippen molar-refractivity contribution < 1.29 is 8.95 Å². The Morgan fingerprint density at radius 2 is 2.27 bits per heavy atom. The third-order valence-corrected chi connectivity index (χ3v) is 3.52. The van der Waals surface area contributed by atoms with Gasteiger partial charge >= 0.3 is 0 Å². The van der Waals surface area contributed by atoms with Crippen LogP contribution in [-0.2, 0) is 15.5 Å². The number of ether oxygens (including phenoxy) is 1. The number of benzene rings is 1. The molecule has 2 N–H and O–H groups in total. The molecule has 1 fully saturated rings. The quantitative estimate of drug-likeness (QED) is 0.777. The fraction of sp³-hybridized carbons (Fsp3) is 0.455. The number of nitrogen functional groups attached to an aromatic ring is 1. The van der Waals surface area contributed by atoms with Crippen LogP contribution in [0.1, 0.15) is 12.8 Å². The van der Waals surface area contributed by atoms with Crippen LogP contribution in [0.4, 0.5) is 5.69 Å². The van der Waals surface area contributed by atoms with Crippen molar-refractivity contribution in [2.24, 2.45) is 5.92 Å². The number of anilines is 1.